The summed E-state index contributed by atoms with van der Waals surface area (Å²) in [4.78, 5) is 4.15. The van der Waals surface area contributed by atoms with Gasteiger partial charge in [0.05, 0.1) is 6.04 Å². The number of nitrogens with one attached hydrogen (secondary N) is 1. The van der Waals surface area contributed by atoms with Crippen LogP contribution in [0.5, 0.6) is 0 Å². The summed E-state index contributed by atoms with van der Waals surface area (Å²) in [5, 5.41) is 7.03. The van der Waals surface area contributed by atoms with Crippen LogP contribution in [0.15, 0.2) is 4.52 Å². The molecule has 1 aliphatic rings. The lowest BCUT2D eigenvalue weighted by Crippen LogP contribution is -2.12. The van der Waals surface area contributed by atoms with Gasteiger partial charge in [0.1, 0.15) is 0 Å². The second-order valence-electron chi connectivity index (χ2n) is 2.83. The maximum absolute atomic E-state index is 5.02. The lowest BCUT2D eigenvalue weighted by atomic mass is 10.2. The molecule has 12 heavy (non-hydrogen) atoms. The number of aryl methyl sites for hydroxylation is 1. The van der Waals surface area contributed by atoms with Crippen LogP contribution in [-0.2, 0) is 0 Å². The monoisotopic (exact) mass is 189 g/mol. The van der Waals surface area contributed by atoms with Gasteiger partial charge in [-0.25, -0.2) is 0 Å². The molecule has 68 valence electrons. The third kappa shape index (κ3) is 1.76. The number of hydrogen-bond donors (Lipinski definition) is 1. The Morgan fingerprint density at radius 2 is 2.42 bits per heavy atom. The fraction of sp³-hybridized carbons (Fsp3) is 0.714. The van der Waals surface area contributed by atoms with Crippen molar-refractivity contribution in [1.29, 1.82) is 0 Å². The van der Waals surface area contributed by atoms with Crippen LogP contribution in [-0.4, -0.2) is 16.7 Å². The quantitative estimate of drug-likeness (QED) is 0.722. The zero-order valence-electron chi connectivity index (χ0n) is 6.91. The topological polar surface area (TPSA) is 51.0 Å². The second kappa shape index (κ2) is 3.87. The number of halogens is 1. The first-order valence-corrected chi connectivity index (χ1v) is 3.90. The van der Waals surface area contributed by atoms with Crippen molar-refractivity contribution in [1.82, 2.24) is 15.5 Å². The molecule has 0 spiro atoms. The van der Waals surface area contributed by atoms with Crippen molar-refractivity contribution in [3.8, 4) is 0 Å². The van der Waals surface area contributed by atoms with E-state index < -0.39 is 0 Å². The average Bonchev–Trinajstić information content (AvgIpc) is 2.55. The van der Waals surface area contributed by atoms with Crippen molar-refractivity contribution < 1.29 is 4.52 Å². The maximum Gasteiger partial charge on any atom is 0.243 e. The van der Waals surface area contributed by atoms with Gasteiger partial charge < -0.3 is 9.84 Å². The van der Waals surface area contributed by atoms with E-state index in [1.807, 2.05) is 6.92 Å². The fourth-order valence-corrected chi connectivity index (χ4v) is 1.35. The summed E-state index contributed by atoms with van der Waals surface area (Å²) < 4.78 is 5.02. The average molecular weight is 190 g/mol. The number of rotatable bonds is 1. The zero-order valence-corrected chi connectivity index (χ0v) is 7.73. The molecule has 4 nitrogen and oxygen atoms in total. The predicted octanol–water partition coefficient (Wildman–Crippen LogP) is 1.22. The predicted molar refractivity (Wildman–Crippen MR) is 46.3 cm³/mol. The largest absolute Gasteiger partial charge is 0.338 e. The smallest absolute Gasteiger partial charge is 0.243 e. The van der Waals surface area contributed by atoms with E-state index in [1.165, 1.54) is 6.42 Å². The molecule has 0 bridgehead atoms. The van der Waals surface area contributed by atoms with Crippen LogP contribution < -0.4 is 5.32 Å². The molecule has 0 saturated carbocycles. The van der Waals surface area contributed by atoms with Gasteiger partial charge in [0.25, 0.3) is 0 Å². The Balaban J connectivity index is 0.000000720. The molecular weight excluding hydrogens is 178 g/mol. The van der Waals surface area contributed by atoms with Crippen LogP contribution in [0.2, 0.25) is 0 Å². The molecule has 0 aromatic carbocycles. The fourth-order valence-electron chi connectivity index (χ4n) is 1.35. The molecule has 0 aliphatic carbocycles. The van der Waals surface area contributed by atoms with Crippen molar-refractivity contribution in [2.24, 2.45) is 0 Å². The van der Waals surface area contributed by atoms with Gasteiger partial charge in [-0.1, -0.05) is 5.16 Å². The molecule has 0 radical (unpaired) electrons. The van der Waals surface area contributed by atoms with E-state index >= 15 is 0 Å². The van der Waals surface area contributed by atoms with E-state index in [9.17, 15) is 0 Å². The summed E-state index contributed by atoms with van der Waals surface area (Å²) in [6.45, 7) is 2.90. The first kappa shape index (κ1) is 9.48. The summed E-state index contributed by atoms with van der Waals surface area (Å²) in [6, 6.07) is 0.302. The van der Waals surface area contributed by atoms with Gasteiger partial charge in [0.15, 0.2) is 5.82 Å². The summed E-state index contributed by atoms with van der Waals surface area (Å²) in [5.74, 6) is 1.45. The second-order valence-corrected chi connectivity index (χ2v) is 2.83. The van der Waals surface area contributed by atoms with E-state index in [0.29, 0.717) is 11.9 Å². The van der Waals surface area contributed by atoms with Gasteiger partial charge in [-0.05, 0) is 26.3 Å². The van der Waals surface area contributed by atoms with Crippen molar-refractivity contribution in [3.63, 3.8) is 0 Å². The Hall–Kier alpha value is -0.610. The van der Waals surface area contributed by atoms with E-state index in [-0.39, 0.29) is 12.4 Å². The van der Waals surface area contributed by atoms with Crippen LogP contribution in [0.3, 0.4) is 0 Å². The minimum atomic E-state index is 0. The third-order valence-electron chi connectivity index (χ3n) is 1.90. The van der Waals surface area contributed by atoms with Gasteiger partial charge in [-0.15, -0.1) is 12.4 Å². The zero-order chi connectivity index (χ0) is 7.68. The van der Waals surface area contributed by atoms with Crippen molar-refractivity contribution in [2.75, 3.05) is 6.54 Å². The molecule has 1 fully saturated rings. The Labute approximate surface area is 77.1 Å². The van der Waals surface area contributed by atoms with Crippen LogP contribution in [0.1, 0.15) is 30.6 Å². The highest BCUT2D eigenvalue weighted by atomic mass is 35.5. The summed E-state index contributed by atoms with van der Waals surface area (Å²) in [6.07, 6.45) is 2.31. The number of aromatic nitrogens is 2. The Kier molecular flexibility index (Phi) is 3.05. The van der Waals surface area contributed by atoms with Gasteiger partial charge in [0.2, 0.25) is 5.89 Å². The van der Waals surface area contributed by atoms with Gasteiger partial charge in [-0.3, -0.25) is 0 Å². The molecule has 1 N–H and O–H groups in total. The highest BCUT2D eigenvalue weighted by Crippen LogP contribution is 2.20. The van der Waals surface area contributed by atoms with Crippen LogP contribution in [0.4, 0.5) is 0 Å². The number of nitrogens with zero attached hydrogens (tertiary/aromatic N) is 2. The van der Waals surface area contributed by atoms with Crippen LogP contribution in [0.25, 0.3) is 0 Å². The molecule has 1 saturated heterocycles. The lowest BCUT2D eigenvalue weighted by Gasteiger charge is -2.00. The standard InChI is InChI=1S/C7H11N3O.ClH/c1-5-9-7(11-10-5)6-3-2-4-8-6;/h6,8H,2-4H2,1H3;1H/t6-;/m0./s1. The molecule has 2 rings (SSSR count). The molecule has 1 aromatic heterocycles. The molecule has 0 amide bonds. The van der Waals surface area contributed by atoms with Crippen molar-refractivity contribution in [2.45, 2.75) is 25.8 Å². The van der Waals surface area contributed by atoms with Crippen molar-refractivity contribution >= 4 is 12.4 Å². The van der Waals surface area contributed by atoms with E-state index in [2.05, 4.69) is 15.5 Å². The molecule has 1 aliphatic heterocycles. The Morgan fingerprint density at radius 3 is 2.92 bits per heavy atom. The van der Waals surface area contributed by atoms with Crippen molar-refractivity contribution in [3.05, 3.63) is 11.7 Å². The van der Waals surface area contributed by atoms with E-state index in [0.717, 1.165) is 18.9 Å². The summed E-state index contributed by atoms with van der Waals surface area (Å²) in [5.41, 5.74) is 0. The molecular formula is C7H12ClN3O. The third-order valence-corrected chi connectivity index (χ3v) is 1.90. The van der Waals surface area contributed by atoms with E-state index in [4.69, 9.17) is 4.52 Å². The van der Waals surface area contributed by atoms with E-state index in [1.54, 1.807) is 0 Å². The molecule has 1 aromatic rings. The Morgan fingerprint density at radius 1 is 1.58 bits per heavy atom. The summed E-state index contributed by atoms with van der Waals surface area (Å²) in [7, 11) is 0. The normalized spacial score (nSPS) is 22.2. The first-order chi connectivity index (χ1) is 5.36. The minimum Gasteiger partial charge on any atom is -0.338 e. The van der Waals surface area contributed by atoms with Crippen LogP contribution >= 0.6 is 12.4 Å². The van der Waals surface area contributed by atoms with Gasteiger partial charge >= 0.3 is 0 Å². The highest BCUT2D eigenvalue weighted by Gasteiger charge is 2.21. The first-order valence-electron chi connectivity index (χ1n) is 3.90. The SMILES string of the molecule is Cc1noc([C@@H]2CCCN2)n1.Cl. The molecule has 5 heteroatoms. The van der Waals surface area contributed by atoms with Gasteiger partial charge in [-0.2, -0.15) is 4.98 Å². The molecule has 1 atom stereocenters. The molecule has 0 unspecified atom stereocenters. The highest BCUT2D eigenvalue weighted by molar-refractivity contribution is 5.85. The summed E-state index contributed by atoms with van der Waals surface area (Å²) >= 11 is 0. The van der Waals surface area contributed by atoms with Crippen LogP contribution in [0, 0.1) is 6.92 Å². The Bertz CT molecular complexity index is 245. The van der Waals surface area contributed by atoms with Gasteiger partial charge in [0, 0.05) is 0 Å². The minimum absolute atomic E-state index is 0. The maximum atomic E-state index is 5.02. The lowest BCUT2D eigenvalue weighted by molar-refractivity contribution is 0.342. The number of hydrogen-bond acceptors (Lipinski definition) is 4. The molecule has 2 heterocycles.